The highest BCUT2D eigenvalue weighted by molar-refractivity contribution is 6.36. The lowest BCUT2D eigenvalue weighted by atomic mass is 10.1. The van der Waals surface area contributed by atoms with Crippen molar-refractivity contribution in [3.05, 3.63) is 35.4 Å². The molecule has 0 radical (unpaired) electrons. The summed E-state index contributed by atoms with van der Waals surface area (Å²) in [5.41, 5.74) is 0.853. The summed E-state index contributed by atoms with van der Waals surface area (Å²) in [4.78, 5) is 0. The maximum Gasteiger partial charge on any atom is 0.483 e. The van der Waals surface area contributed by atoms with Gasteiger partial charge in [0.1, 0.15) is 0 Å². The number of rotatable bonds is 11. The Bertz CT molecular complexity index is 401. The van der Waals surface area contributed by atoms with Crippen molar-refractivity contribution in [2.45, 2.75) is 38.5 Å². The van der Waals surface area contributed by atoms with E-state index in [0.29, 0.717) is 6.61 Å². The van der Waals surface area contributed by atoms with Crippen molar-refractivity contribution in [1.82, 2.24) is 0 Å². The molecule has 0 N–H and O–H groups in total. The second-order valence-electron chi connectivity index (χ2n) is 4.90. The van der Waals surface area contributed by atoms with E-state index in [2.05, 4.69) is 0 Å². The highest BCUT2D eigenvalue weighted by atomic mass is 28.3. The van der Waals surface area contributed by atoms with Gasteiger partial charge in [-0.2, -0.15) is 0 Å². The van der Waals surface area contributed by atoms with Gasteiger partial charge in [-0.15, -0.1) is 0 Å². The lowest BCUT2D eigenvalue weighted by Gasteiger charge is -2.11. The largest absolute Gasteiger partial charge is 0.483 e. The Hall–Kier alpha value is -0.823. The van der Waals surface area contributed by atoms with E-state index in [0.717, 1.165) is 44.1 Å². The first-order valence-electron chi connectivity index (χ1n) is 7.28. The van der Waals surface area contributed by atoms with Crippen LogP contribution in [-0.2, 0) is 19.7 Å². The van der Waals surface area contributed by atoms with Gasteiger partial charge < -0.3 is 13.3 Å². The molecule has 0 amide bonds. The Kier molecular flexibility index (Phi) is 9.41. The van der Waals surface area contributed by atoms with Crippen molar-refractivity contribution < 1.29 is 22.1 Å². The molecule has 3 nitrogen and oxygen atoms in total. The van der Waals surface area contributed by atoms with Gasteiger partial charge in [-0.05, 0) is 37.0 Å². The van der Waals surface area contributed by atoms with Crippen LogP contribution in [0.4, 0.5) is 8.78 Å². The zero-order chi connectivity index (χ0) is 15.5. The lowest BCUT2D eigenvalue weighted by molar-refractivity contribution is 0.133. The number of unbranched alkanes of at least 4 members (excludes halogenated alkanes) is 4. The molecule has 120 valence electrons. The molecule has 0 aliphatic rings. The summed E-state index contributed by atoms with van der Waals surface area (Å²) in [6, 6.07) is 4.11. The second kappa shape index (κ2) is 10.8. The molecule has 0 aromatic heterocycles. The Morgan fingerprint density at radius 3 is 2.24 bits per heavy atom. The Morgan fingerprint density at radius 1 is 0.905 bits per heavy atom. The minimum Gasteiger partial charge on any atom is -0.379 e. The third-order valence-corrected chi connectivity index (χ3v) is 4.51. The zero-order valence-corrected chi connectivity index (χ0v) is 13.9. The molecule has 0 saturated carbocycles. The van der Waals surface area contributed by atoms with Crippen LogP contribution in [0.5, 0.6) is 0 Å². The summed E-state index contributed by atoms with van der Waals surface area (Å²) in [7, 11) is 1.32. The van der Waals surface area contributed by atoms with E-state index in [4.69, 9.17) is 13.3 Å². The normalized spacial score (nSPS) is 11.3. The fourth-order valence-corrected chi connectivity index (χ4v) is 2.89. The maximum atomic E-state index is 13.0. The van der Waals surface area contributed by atoms with Gasteiger partial charge in [0.25, 0.3) is 0 Å². The third-order valence-electron chi connectivity index (χ3n) is 3.23. The molecule has 0 atom stereocenters. The van der Waals surface area contributed by atoms with Gasteiger partial charge in [0.15, 0.2) is 11.6 Å². The summed E-state index contributed by atoms with van der Waals surface area (Å²) in [6.07, 6.45) is 6.04. The molecule has 1 aromatic rings. The minimum atomic E-state index is -1.87. The molecular weight excluding hydrogens is 294 g/mol. The highest BCUT2D eigenvalue weighted by Gasteiger charge is 2.09. The van der Waals surface area contributed by atoms with Crippen LogP contribution in [-0.4, -0.2) is 30.4 Å². The molecule has 21 heavy (non-hydrogen) atoms. The van der Waals surface area contributed by atoms with Crippen LogP contribution in [0.2, 0.25) is 0 Å². The molecule has 1 aromatic carbocycles. The van der Waals surface area contributed by atoms with Crippen LogP contribution >= 0.6 is 0 Å². The van der Waals surface area contributed by atoms with E-state index in [1.165, 1.54) is 12.1 Å². The van der Waals surface area contributed by atoms with Crippen molar-refractivity contribution in [3.63, 3.8) is 0 Å². The van der Waals surface area contributed by atoms with Crippen LogP contribution in [0.15, 0.2) is 18.2 Å². The number of hydrogen-bond donors (Lipinski definition) is 0. The number of halogens is 2. The molecule has 0 spiro atoms. The number of hydrogen-bond acceptors (Lipinski definition) is 3. The summed E-state index contributed by atoms with van der Waals surface area (Å²) < 4.78 is 41.3. The van der Waals surface area contributed by atoms with Crippen molar-refractivity contribution >= 4 is 9.53 Å². The first-order valence-corrected chi connectivity index (χ1v) is 8.70. The van der Waals surface area contributed by atoms with Gasteiger partial charge >= 0.3 is 9.53 Å². The maximum absolute atomic E-state index is 13.0. The molecule has 0 fully saturated rings. The molecule has 0 aliphatic heterocycles. The summed E-state index contributed by atoms with van der Waals surface area (Å²) in [6.45, 7) is 0.668. The van der Waals surface area contributed by atoms with Crippen LogP contribution in [0, 0.1) is 11.6 Å². The van der Waals surface area contributed by atoms with E-state index < -0.39 is 21.2 Å². The van der Waals surface area contributed by atoms with E-state index in [-0.39, 0.29) is 0 Å². The Morgan fingerprint density at radius 2 is 1.57 bits per heavy atom. The van der Waals surface area contributed by atoms with Crippen LogP contribution < -0.4 is 0 Å². The molecular formula is C15H24F2O3Si. The predicted octanol–water partition coefficient (Wildman–Crippen LogP) is 3.48. The van der Waals surface area contributed by atoms with E-state index in [1.54, 1.807) is 20.3 Å². The van der Waals surface area contributed by atoms with Gasteiger partial charge in [0.2, 0.25) is 0 Å². The summed E-state index contributed by atoms with van der Waals surface area (Å²) >= 11 is 0. The van der Waals surface area contributed by atoms with Crippen LogP contribution in [0.3, 0.4) is 0 Å². The SMILES string of the molecule is CO[SiH](OC)OCCCCCCCc1ccc(F)c(F)c1. The van der Waals surface area contributed by atoms with E-state index >= 15 is 0 Å². The minimum absolute atomic E-state index is 0.668. The monoisotopic (exact) mass is 318 g/mol. The average molecular weight is 318 g/mol. The van der Waals surface area contributed by atoms with Gasteiger partial charge in [-0.3, -0.25) is 0 Å². The smallest absolute Gasteiger partial charge is 0.379 e. The quantitative estimate of drug-likeness (QED) is 0.462. The third kappa shape index (κ3) is 7.66. The lowest BCUT2D eigenvalue weighted by Crippen LogP contribution is -2.24. The first kappa shape index (κ1) is 18.2. The fraction of sp³-hybridized carbons (Fsp3) is 0.600. The standard InChI is InChI=1S/C15H24F2O3Si/c1-18-21(19-2)20-11-7-5-3-4-6-8-13-9-10-14(16)15(17)12-13/h9-10,12,21H,3-8,11H2,1-2H3. The number of aryl methyl sites for hydroxylation is 1. The highest BCUT2D eigenvalue weighted by Crippen LogP contribution is 2.12. The average Bonchev–Trinajstić information content (AvgIpc) is 2.49. The van der Waals surface area contributed by atoms with E-state index in [9.17, 15) is 8.78 Å². The Balaban J connectivity index is 2.01. The number of benzene rings is 1. The Labute approximate surface area is 127 Å². The molecule has 0 saturated heterocycles. The van der Waals surface area contributed by atoms with Crippen molar-refractivity contribution in [2.75, 3.05) is 20.8 Å². The van der Waals surface area contributed by atoms with Crippen LogP contribution in [0.1, 0.15) is 37.7 Å². The summed E-state index contributed by atoms with van der Waals surface area (Å²) in [5, 5.41) is 0. The molecule has 0 bridgehead atoms. The van der Waals surface area contributed by atoms with Gasteiger partial charge in [-0.1, -0.05) is 25.3 Å². The molecule has 0 unspecified atom stereocenters. The molecule has 0 heterocycles. The van der Waals surface area contributed by atoms with Crippen molar-refractivity contribution in [1.29, 1.82) is 0 Å². The predicted molar refractivity (Wildman–Crippen MR) is 80.3 cm³/mol. The molecule has 1 rings (SSSR count). The van der Waals surface area contributed by atoms with Crippen LogP contribution in [0.25, 0.3) is 0 Å². The van der Waals surface area contributed by atoms with Crippen molar-refractivity contribution in [2.24, 2.45) is 0 Å². The second-order valence-corrected chi connectivity index (χ2v) is 6.75. The van der Waals surface area contributed by atoms with Gasteiger partial charge in [-0.25, -0.2) is 8.78 Å². The van der Waals surface area contributed by atoms with Gasteiger partial charge in [0.05, 0.1) is 0 Å². The molecule has 0 aliphatic carbocycles. The van der Waals surface area contributed by atoms with E-state index in [1.807, 2.05) is 0 Å². The molecule has 6 heteroatoms. The van der Waals surface area contributed by atoms with Crippen molar-refractivity contribution in [3.8, 4) is 0 Å². The zero-order valence-electron chi connectivity index (χ0n) is 12.7. The first-order chi connectivity index (χ1) is 10.2. The van der Waals surface area contributed by atoms with Gasteiger partial charge in [0, 0.05) is 20.8 Å². The summed E-state index contributed by atoms with van der Waals surface area (Å²) in [5.74, 6) is -1.55. The fourth-order valence-electron chi connectivity index (χ4n) is 2.07. The topological polar surface area (TPSA) is 27.7 Å².